The maximum Gasteiger partial charge on any atom is 0.341 e. The Morgan fingerprint density at radius 2 is 1.75 bits per heavy atom. The van der Waals surface area contributed by atoms with Crippen LogP contribution in [-0.2, 0) is 29.6 Å². The van der Waals surface area contributed by atoms with E-state index in [0.29, 0.717) is 11.8 Å². The maximum absolute atomic E-state index is 13.3. The standard InChI is InChI=1S/C23H20N2O7/c24-19(27)17(11-5-6-12-26)23(16-10-4-3-9-15(16)22(30)32-23)25-20(28)18-13-7-1-2-8-14(13)21(29)31-18/h1-4,7-10,12,17-18H,5-6,11H2,(H2,24,27)(H,25,28). The Hall–Kier alpha value is -4.01. The predicted octanol–water partition coefficient (Wildman–Crippen LogP) is 1.51. The number of benzene rings is 2. The Labute approximate surface area is 182 Å². The lowest BCUT2D eigenvalue weighted by atomic mass is 9.83. The van der Waals surface area contributed by atoms with Gasteiger partial charge in [-0.3, -0.25) is 9.59 Å². The van der Waals surface area contributed by atoms with E-state index in [-0.39, 0.29) is 36.0 Å². The number of aldehydes is 1. The van der Waals surface area contributed by atoms with Crippen LogP contribution in [0.25, 0.3) is 0 Å². The molecule has 0 spiro atoms. The van der Waals surface area contributed by atoms with Crippen LogP contribution in [0.15, 0.2) is 48.5 Å². The van der Waals surface area contributed by atoms with Crippen LogP contribution < -0.4 is 11.1 Å². The van der Waals surface area contributed by atoms with Crippen molar-refractivity contribution in [3.63, 3.8) is 0 Å². The van der Waals surface area contributed by atoms with Gasteiger partial charge in [0.2, 0.25) is 17.7 Å². The molecule has 9 nitrogen and oxygen atoms in total. The molecule has 0 aliphatic carbocycles. The summed E-state index contributed by atoms with van der Waals surface area (Å²) < 4.78 is 10.9. The lowest BCUT2D eigenvalue weighted by molar-refractivity contribution is -0.148. The summed E-state index contributed by atoms with van der Waals surface area (Å²) >= 11 is 0. The summed E-state index contributed by atoms with van der Waals surface area (Å²) in [4.78, 5) is 61.3. The molecule has 0 fully saturated rings. The molecule has 2 aromatic carbocycles. The Balaban J connectivity index is 1.75. The zero-order valence-corrected chi connectivity index (χ0v) is 16.9. The van der Waals surface area contributed by atoms with Crippen molar-refractivity contribution >= 4 is 30.0 Å². The van der Waals surface area contributed by atoms with Crippen LogP contribution in [0.2, 0.25) is 0 Å². The Morgan fingerprint density at radius 1 is 1.06 bits per heavy atom. The molecule has 0 saturated heterocycles. The number of cyclic esters (lactones) is 2. The number of esters is 2. The highest BCUT2D eigenvalue weighted by Crippen LogP contribution is 2.43. The lowest BCUT2D eigenvalue weighted by Crippen LogP contribution is -2.56. The SMILES string of the molecule is NC(=O)C(CCCC=O)C1(NC(=O)C2OC(=O)c3ccccc32)OC(=O)c2ccccc21. The van der Waals surface area contributed by atoms with E-state index in [1.54, 1.807) is 36.4 Å². The largest absolute Gasteiger partial charge is 0.444 e. The van der Waals surface area contributed by atoms with Crippen LogP contribution in [0.5, 0.6) is 0 Å². The number of carbonyl (C=O) groups is 5. The second-order valence-electron chi connectivity index (χ2n) is 7.59. The molecular weight excluding hydrogens is 416 g/mol. The molecule has 0 aromatic heterocycles. The number of fused-ring (bicyclic) bond motifs is 2. The van der Waals surface area contributed by atoms with Gasteiger partial charge in [-0.2, -0.15) is 0 Å². The van der Waals surface area contributed by atoms with Gasteiger partial charge in [0.15, 0.2) is 0 Å². The number of hydrogen-bond donors (Lipinski definition) is 2. The van der Waals surface area contributed by atoms with Gasteiger partial charge in [-0.1, -0.05) is 36.4 Å². The Morgan fingerprint density at radius 3 is 2.47 bits per heavy atom. The number of carbonyl (C=O) groups excluding carboxylic acids is 5. The number of nitrogens with two attached hydrogens (primary N) is 1. The number of ether oxygens (including phenoxy) is 2. The third kappa shape index (κ3) is 3.41. The van der Waals surface area contributed by atoms with Crippen molar-refractivity contribution in [1.29, 1.82) is 0 Å². The minimum absolute atomic E-state index is 0.0804. The van der Waals surface area contributed by atoms with Gasteiger partial charge in [0, 0.05) is 17.5 Å². The molecular formula is C23H20N2O7. The lowest BCUT2D eigenvalue weighted by Gasteiger charge is -2.36. The summed E-state index contributed by atoms with van der Waals surface area (Å²) in [5.41, 5.74) is 4.82. The van der Waals surface area contributed by atoms with E-state index in [0.717, 1.165) is 0 Å². The zero-order valence-electron chi connectivity index (χ0n) is 16.9. The quantitative estimate of drug-likeness (QED) is 0.363. The van der Waals surface area contributed by atoms with E-state index in [4.69, 9.17) is 15.2 Å². The molecule has 32 heavy (non-hydrogen) atoms. The van der Waals surface area contributed by atoms with Gasteiger partial charge < -0.3 is 25.3 Å². The third-order valence-electron chi connectivity index (χ3n) is 5.68. The van der Waals surface area contributed by atoms with Crippen LogP contribution in [0.1, 0.15) is 57.2 Å². The highest BCUT2D eigenvalue weighted by molar-refractivity contribution is 6.01. The van der Waals surface area contributed by atoms with Crippen LogP contribution in [0.3, 0.4) is 0 Å². The van der Waals surface area contributed by atoms with Gasteiger partial charge in [0.05, 0.1) is 11.1 Å². The average molecular weight is 436 g/mol. The number of primary amides is 1. The molecule has 2 aromatic rings. The van der Waals surface area contributed by atoms with E-state index in [2.05, 4.69) is 5.32 Å². The van der Waals surface area contributed by atoms with Crippen molar-refractivity contribution in [3.8, 4) is 0 Å². The number of nitrogens with one attached hydrogen (secondary N) is 1. The first-order valence-corrected chi connectivity index (χ1v) is 10.1. The smallest absolute Gasteiger partial charge is 0.341 e. The number of unbranched alkanes of at least 4 members (excludes halogenated alkanes) is 1. The first-order chi connectivity index (χ1) is 15.4. The summed E-state index contributed by atoms with van der Waals surface area (Å²) in [6.07, 6.45) is -0.0539. The summed E-state index contributed by atoms with van der Waals surface area (Å²) in [6.45, 7) is 0. The van der Waals surface area contributed by atoms with Crippen molar-refractivity contribution in [2.75, 3.05) is 0 Å². The van der Waals surface area contributed by atoms with E-state index >= 15 is 0 Å². The normalized spacial score (nSPS) is 21.7. The first kappa shape index (κ1) is 21.2. The monoisotopic (exact) mass is 436 g/mol. The molecule has 0 saturated carbocycles. The fourth-order valence-corrected chi connectivity index (χ4v) is 4.22. The molecule has 3 unspecified atom stereocenters. The molecule has 2 amide bonds. The molecule has 4 rings (SSSR count). The van der Waals surface area contributed by atoms with Crippen molar-refractivity contribution in [1.82, 2.24) is 5.32 Å². The Kier molecular flexibility index (Phi) is 5.48. The van der Waals surface area contributed by atoms with Gasteiger partial charge in [-0.25, -0.2) is 9.59 Å². The maximum atomic E-state index is 13.3. The molecule has 9 heteroatoms. The van der Waals surface area contributed by atoms with Crippen LogP contribution in [0.4, 0.5) is 0 Å². The zero-order chi connectivity index (χ0) is 22.9. The van der Waals surface area contributed by atoms with Gasteiger partial charge in [-0.15, -0.1) is 0 Å². The summed E-state index contributed by atoms with van der Waals surface area (Å²) in [7, 11) is 0. The topological polar surface area (TPSA) is 142 Å². The van der Waals surface area contributed by atoms with Gasteiger partial charge in [0.25, 0.3) is 5.91 Å². The molecule has 2 aliphatic heterocycles. The van der Waals surface area contributed by atoms with Gasteiger partial charge in [-0.05, 0) is 25.0 Å². The first-order valence-electron chi connectivity index (χ1n) is 10.1. The molecule has 164 valence electrons. The van der Waals surface area contributed by atoms with Gasteiger partial charge in [0.1, 0.15) is 12.2 Å². The molecule has 2 heterocycles. The van der Waals surface area contributed by atoms with Crippen LogP contribution in [0, 0.1) is 5.92 Å². The average Bonchev–Trinajstić information content (AvgIpc) is 3.26. The second-order valence-corrected chi connectivity index (χ2v) is 7.59. The summed E-state index contributed by atoms with van der Waals surface area (Å²) in [6, 6.07) is 12.8. The van der Waals surface area contributed by atoms with Crippen molar-refractivity contribution in [3.05, 3.63) is 70.8 Å². The summed E-state index contributed by atoms with van der Waals surface area (Å²) in [5, 5.41) is 2.64. The number of hydrogen-bond acceptors (Lipinski definition) is 7. The van der Waals surface area contributed by atoms with Crippen molar-refractivity contribution in [2.45, 2.75) is 31.1 Å². The minimum atomic E-state index is -1.90. The van der Waals surface area contributed by atoms with Gasteiger partial charge >= 0.3 is 11.9 Å². The minimum Gasteiger partial charge on any atom is -0.444 e. The third-order valence-corrected chi connectivity index (χ3v) is 5.68. The number of amides is 2. The predicted molar refractivity (Wildman–Crippen MR) is 109 cm³/mol. The van der Waals surface area contributed by atoms with Crippen LogP contribution >= 0.6 is 0 Å². The van der Waals surface area contributed by atoms with Crippen molar-refractivity contribution in [2.24, 2.45) is 11.7 Å². The van der Waals surface area contributed by atoms with Crippen molar-refractivity contribution < 1.29 is 33.4 Å². The second kappa shape index (κ2) is 8.26. The number of rotatable bonds is 8. The molecule has 0 radical (unpaired) electrons. The Bertz CT molecular complexity index is 1130. The highest BCUT2D eigenvalue weighted by Gasteiger charge is 2.55. The van der Waals surface area contributed by atoms with E-state index < -0.39 is 41.5 Å². The van der Waals surface area contributed by atoms with E-state index in [9.17, 15) is 24.0 Å². The van der Waals surface area contributed by atoms with E-state index in [1.807, 2.05) is 0 Å². The fraction of sp³-hybridized carbons (Fsp3) is 0.261. The van der Waals surface area contributed by atoms with Crippen LogP contribution in [-0.4, -0.2) is 30.0 Å². The molecule has 0 bridgehead atoms. The summed E-state index contributed by atoms with van der Waals surface area (Å²) in [5.74, 6) is -4.13. The van der Waals surface area contributed by atoms with E-state index in [1.165, 1.54) is 12.1 Å². The molecule has 3 N–H and O–H groups in total. The fourth-order valence-electron chi connectivity index (χ4n) is 4.22. The molecule has 3 atom stereocenters. The highest BCUT2D eigenvalue weighted by atomic mass is 16.6. The molecule has 2 aliphatic rings.